The van der Waals surface area contributed by atoms with Crippen molar-refractivity contribution in [2.24, 2.45) is 7.05 Å². The first-order valence-electron chi connectivity index (χ1n) is 10.3. The summed E-state index contributed by atoms with van der Waals surface area (Å²) in [4.78, 5) is 33.6. The quantitative estimate of drug-likeness (QED) is 0.599. The molecule has 9 heteroatoms. The molecule has 3 heterocycles. The summed E-state index contributed by atoms with van der Waals surface area (Å²) < 4.78 is 8.80. The molecule has 1 aliphatic rings. The van der Waals surface area contributed by atoms with Crippen LogP contribution in [0.1, 0.15) is 25.3 Å². The van der Waals surface area contributed by atoms with Gasteiger partial charge in [-0.3, -0.25) is 14.3 Å². The number of nitrogens with one attached hydrogen (secondary N) is 1. The molecule has 9 nitrogen and oxygen atoms in total. The first kappa shape index (κ1) is 20.2. The molecule has 0 saturated carbocycles. The Morgan fingerprint density at radius 1 is 1.27 bits per heavy atom. The van der Waals surface area contributed by atoms with Crippen molar-refractivity contribution in [1.82, 2.24) is 19.1 Å². The molecule has 1 aromatic carbocycles. The molecule has 1 aliphatic heterocycles. The van der Waals surface area contributed by atoms with Crippen molar-refractivity contribution in [3.05, 3.63) is 50.7 Å². The minimum absolute atomic E-state index is 0.0793. The lowest BCUT2D eigenvalue weighted by atomic mass is 10.2. The number of aromatic amines is 1. The number of aliphatic hydroxyl groups is 1. The first-order chi connectivity index (χ1) is 14.5. The van der Waals surface area contributed by atoms with E-state index >= 15 is 0 Å². The van der Waals surface area contributed by atoms with Gasteiger partial charge in [0.2, 0.25) is 5.95 Å². The smallest absolute Gasteiger partial charge is 0.329 e. The van der Waals surface area contributed by atoms with Crippen molar-refractivity contribution < 1.29 is 9.84 Å². The molecule has 0 amide bonds. The van der Waals surface area contributed by atoms with Gasteiger partial charge in [0, 0.05) is 20.1 Å². The van der Waals surface area contributed by atoms with Gasteiger partial charge in [-0.2, -0.15) is 4.98 Å². The van der Waals surface area contributed by atoms with Crippen molar-refractivity contribution in [2.45, 2.75) is 38.8 Å². The summed E-state index contributed by atoms with van der Waals surface area (Å²) in [6.45, 7) is 3.94. The second kappa shape index (κ2) is 8.35. The highest BCUT2D eigenvalue weighted by Gasteiger charge is 2.25. The topological polar surface area (TPSA) is 105 Å². The second-order valence-corrected chi connectivity index (χ2v) is 7.67. The molecule has 2 aromatic heterocycles. The zero-order chi connectivity index (χ0) is 21.3. The SMILES string of the molecule is CCc1cccc(OCC(O)Cn2c(N3CCCC3)nc3c2c(=O)[nH]c(=O)n3C)c1. The van der Waals surface area contributed by atoms with Crippen molar-refractivity contribution >= 4 is 17.1 Å². The highest BCUT2D eigenvalue weighted by molar-refractivity contribution is 5.74. The van der Waals surface area contributed by atoms with E-state index in [-0.39, 0.29) is 18.7 Å². The number of aliphatic hydroxyl groups excluding tert-OH is 1. The Bertz CT molecular complexity index is 1160. The molecule has 2 N–H and O–H groups in total. The van der Waals surface area contributed by atoms with Crippen LogP contribution in [-0.2, 0) is 20.0 Å². The molecular weight excluding hydrogens is 386 g/mol. The Labute approximate surface area is 173 Å². The maximum Gasteiger partial charge on any atom is 0.329 e. The predicted octanol–water partition coefficient (Wildman–Crippen LogP) is 1.03. The molecule has 1 saturated heterocycles. The van der Waals surface area contributed by atoms with Gasteiger partial charge in [0.25, 0.3) is 5.56 Å². The van der Waals surface area contributed by atoms with Crippen molar-refractivity contribution in [2.75, 3.05) is 24.6 Å². The molecule has 1 fully saturated rings. The first-order valence-corrected chi connectivity index (χ1v) is 10.3. The van der Waals surface area contributed by atoms with Crippen LogP contribution < -0.4 is 20.9 Å². The number of nitrogens with zero attached hydrogens (tertiary/aromatic N) is 4. The van der Waals surface area contributed by atoms with E-state index < -0.39 is 17.4 Å². The summed E-state index contributed by atoms with van der Waals surface area (Å²) in [6.07, 6.45) is 2.13. The van der Waals surface area contributed by atoms with Gasteiger partial charge >= 0.3 is 5.69 Å². The fourth-order valence-electron chi connectivity index (χ4n) is 3.87. The van der Waals surface area contributed by atoms with E-state index in [9.17, 15) is 14.7 Å². The molecule has 0 radical (unpaired) electrons. The van der Waals surface area contributed by atoms with Gasteiger partial charge in [0.05, 0.1) is 6.54 Å². The Kier molecular flexibility index (Phi) is 5.63. The minimum Gasteiger partial charge on any atom is -0.491 e. The summed E-state index contributed by atoms with van der Waals surface area (Å²) in [5.74, 6) is 1.30. The van der Waals surface area contributed by atoms with E-state index in [0.717, 1.165) is 37.9 Å². The standard InChI is InChI=1S/C21H27N5O4/c1-3-14-7-6-8-16(11-14)30-13-15(27)12-26-17-18(24(2)21(29)23-19(17)28)22-20(26)25-9-4-5-10-25/h6-8,11,15,27H,3-5,9-10,12-13H2,1-2H3,(H,23,28,29). The lowest BCUT2D eigenvalue weighted by Crippen LogP contribution is -2.31. The van der Waals surface area contributed by atoms with Crippen LogP contribution >= 0.6 is 0 Å². The zero-order valence-corrected chi connectivity index (χ0v) is 17.3. The van der Waals surface area contributed by atoms with Crippen LogP contribution in [0.5, 0.6) is 5.75 Å². The van der Waals surface area contributed by atoms with Crippen LogP contribution in [0.2, 0.25) is 0 Å². The number of hydrogen-bond donors (Lipinski definition) is 2. The lowest BCUT2D eigenvalue weighted by Gasteiger charge is -2.20. The van der Waals surface area contributed by atoms with E-state index in [4.69, 9.17) is 4.74 Å². The highest BCUT2D eigenvalue weighted by atomic mass is 16.5. The molecule has 160 valence electrons. The average Bonchev–Trinajstić information content (AvgIpc) is 3.39. The number of benzene rings is 1. The Hall–Kier alpha value is -3.07. The van der Waals surface area contributed by atoms with Crippen LogP contribution in [0, 0.1) is 0 Å². The molecule has 30 heavy (non-hydrogen) atoms. The fourth-order valence-corrected chi connectivity index (χ4v) is 3.87. The lowest BCUT2D eigenvalue weighted by molar-refractivity contribution is 0.0936. The van der Waals surface area contributed by atoms with Crippen LogP contribution in [-0.4, -0.2) is 50.0 Å². The monoisotopic (exact) mass is 413 g/mol. The van der Waals surface area contributed by atoms with Gasteiger partial charge in [-0.1, -0.05) is 19.1 Å². The molecular formula is C21H27N5O4. The van der Waals surface area contributed by atoms with E-state index in [1.165, 1.54) is 4.57 Å². The molecule has 0 spiro atoms. The third kappa shape index (κ3) is 3.85. The maximum absolute atomic E-state index is 12.6. The molecule has 3 aromatic rings. The van der Waals surface area contributed by atoms with Crippen molar-refractivity contribution in [3.63, 3.8) is 0 Å². The Morgan fingerprint density at radius 2 is 2.03 bits per heavy atom. The number of imidazole rings is 1. The Morgan fingerprint density at radius 3 is 2.77 bits per heavy atom. The van der Waals surface area contributed by atoms with E-state index in [0.29, 0.717) is 17.3 Å². The summed E-state index contributed by atoms with van der Waals surface area (Å²) in [5.41, 5.74) is 0.742. The molecule has 1 unspecified atom stereocenters. The number of rotatable bonds is 7. The van der Waals surface area contributed by atoms with Gasteiger partial charge in [0.15, 0.2) is 11.2 Å². The van der Waals surface area contributed by atoms with Crippen LogP contribution in [0.4, 0.5) is 5.95 Å². The maximum atomic E-state index is 12.6. The van der Waals surface area contributed by atoms with Crippen molar-refractivity contribution in [1.29, 1.82) is 0 Å². The molecule has 0 bridgehead atoms. The third-order valence-electron chi connectivity index (χ3n) is 5.52. The van der Waals surface area contributed by atoms with Gasteiger partial charge in [-0.05, 0) is 37.0 Å². The molecule has 1 atom stereocenters. The van der Waals surface area contributed by atoms with Crippen LogP contribution in [0.15, 0.2) is 33.9 Å². The summed E-state index contributed by atoms with van der Waals surface area (Å²) in [5, 5.41) is 10.7. The third-order valence-corrected chi connectivity index (χ3v) is 5.52. The number of hydrogen-bond acceptors (Lipinski definition) is 6. The van der Waals surface area contributed by atoms with Crippen LogP contribution in [0.3, 0.4) is 0 Å². The van der Waals surface area contributed by atoms with Gasteiger partial charge in [0.1, 0.15) is 18.5 Å². The Balaban J connectivity index is 1.63. The minimum atomic E-state index is -0.856. The number of H-pyrrole nitrogens is 1. The summed E-state index contributed by atoms with van der Waals surface area (Å²) >= 11 is 0. The number of aromatic nitrogens is 4. The second-order valence-electron chi connectivity index (χ2n) is 7.67. The zero-order valence-electron chi connectivity index (χ0n) is 17.3. The van der Waals surface area contributed by atoms with E-state index in [2.05, 4.69) is 21.8 Å². The number of fused-ring (bicyclic) bond motifs is 1. The number of aryl methyl sites for hydroxylation is 2. The summed E-state index contributed by atoms with van der Waals surface area (Å²) in [6, 6.07) is 7.76. The summed E-state index contributed by atoms with van der Waals surface area (Å²) in [7, 11) is 1.58. The predicted molar refractivity (Wildman–Crippen MR) is 114 cm³/mol. The van der Waals surface area contributed by atoms with E-state index in [1.807, 2.05) is 24.3 Å². The van der Waals surface area contributed by atoms with E-state index in [1.54, 1.807) is 11.6 Å². The number of ether oxygens (including phenoxy) is 1. The average molecular weight is 413 g/mol. The van der Waals surface area contributed by atoms with Gasteiger partial charge in [-0.15, -0.1) is 0 Å². The largest absolute Gasteiger partial charge is 0.491 e. The highest BCUT2D eigenvalue weighted by Crippen LogP contribution is 2.24. The molecule has 4 rings (SSSR count). The van der Waals surface area contributed by atoms with Crippen LogP contribution in [0.25, 0.3) is 11.2 Å². The van der Waals surface area contributed by atoms with Gasteiger partial charge in [-0.25, -0.2) is 4.79 Å². The normalized spacial score (nSPS) is 15.1. The van der Waals surface area contributed by atoms with Gasteiger partial charge < -0.3 is 19.3 Å². The van der Waals surface area contributed by atoms with Crippen molar-refractivity contribution in [3.8, 4) is 5.75 Å². The number of anilines is 1. The molecule has 0 aliphatic carbocycles. The fraction of sp³-hybridized carbons (Fsp3) is 0.476.